The molecule has 0 atom stereocenters. The maximum atomic E-state index is 13.8. The van der Waals surface area contributed by atoms with E-state index in [1.807, 2.05) is 23.1 Å². The van der Waals surface area contributed by atoms with Gasteiger partial charge in [0, 0.05) is 43.8 Å². The van der Waals surface area contributed by atoms with Gasteiger partial charge >= 0.3 is 0 Å². The van der Waals surface area contributed by atoms with Gasteiger partial charge in [-0.15, -0.1) is 0 Å². The highest BCUT2D eigenvalue weighted by molar-refractivity contribution is 5.93. The number of carbonyl (C=O) groups excluding carboxylic acids is 1. The minimum atomic E-state index is -0.343. The molecule has 0 saturated carbocycles. The number of rotatable bonds is 4. The highest BCUT2D eigenvalue weighted by Gasteiger charge is 2.23. The number of halogens is 1. The molecular formula is C22H21FN4O. The Morgan fingerprint density at radius 3 is 2.39 bits per heavy atom. The van der Waals surface area contributed by atoms with Gasteiger partial charge in [-0.1, -0.05) is 30.3 Å². The Kier molecular flexibility index (Phi) is 5.19. The lowest BCUT2D eigenvalue weighted by molar-refractivity contribution is 0.0741. The second-order valence-corrected chi connectivity index (χ2v) is 6.65. The third kappa shape index (κ3) is 3.96. The molecule has 0 radical (unpaired) electrons. The number of anilines is 3. The zero-order chi connectivity index (χ0) is 19.3. The van der Waals surface area contributed by atoms with Crippen LogP contribution >= 0.6 is 0 Å². The molecule has 1 N–H and O–H groups in total. The zero-order valence-corrected chi connectivity index (χ0v) is 15.4. The second-order valence-electron chi connectivity index (χ2n) is 6.65. The number of nitrogens with one attached hydrogen (secondary N) is 1. The van der Waals surface area contributed by atoms with Gasteiger partial charge < -0.3 is 15.1 Å². The van der Waals surface area contributed by atoms with Crippen molar-refractivity contribution >= 4 is 23.0 Å². The molecule has 0 aliphatic carbocycles. The third-order valence-corrected chi connectivity index (χ3v) is 4.82. The molecule has 2 heterocycles. The average molecular weight is 376 g/mol. The van der Waals surface area contributed by atoms with E-state index < -0.39 is 0 Å². The van der Waals surface area contributed by atoms with E-state index in [0.29, 0.717) is 30.2 Å². The Morgan fingerprint density at radius 1 is 0.929 bits per heavy atom. The fourth-order valence-corrected chi connectivity index (χ4v) is 3.31. The number of piperazine rings is 1. The zero-order valence-electron chi connectivity index (χ0n) is 15.4. The van der Waals surface area contributed by atoms with Crippen molar-refractivity contribution in [2.24, 2.45) is 0 Å². The maximum Gasteiger partial charge on any atom is 0.272 e. The summed E-state index contributed by atoms with van der Waals surface area (Å²) in [5.41, 5.74) is 2.52. The molecule has 1 amide bonds. The summed E-state index contributed by atoms with van der Waals surface area (Å²) in [6.07, 6.45) is 1.57. The van der Waals surface area contributed by atoms with E-state index in [9.17, 15) is 9.18 Å². The molecule has 1 fully saturated rings. The summed E-state index contributed by atoms with van der Waals surface area (Å²) in [6, 6.07) is 20.0. The molecule has 6 heteroatoms. The van der Waals surface area contributed by atoms with Crippen LogP contribution in [0.25, 0.3) is 0 Å². The lowest BCUT2D eigenvalue weighted by Gasteiger charge is -2.36. The fraction of sp³-hybridized carbons (Fsp3) is 0.182. The fourth-order valence-electron chi connectivity index (χ4n) is 3.31. The van der Waals surface area contributed by atoms with E-state index in [-0.39, 0.29) is 11.7 Å². The molecule has 2 aromatic carbocycles. The topological polar surface area (TPSA) is 48.5 Å². The van der Waals surface area contributed by atoms with Gasteiger partial charge in [0.2, 0.25) is 0 Å². The van der Waals surface area contributed by atoms with Crippen molar-refractivity contribution in [2.45, 2.75) is 0 Å². The highest BCUT2D eigenvalue weighted by atomic mass is 19.1. The second kappa shape index (κ2) is 8.08. The van der Waals surface area contributed by atoms with Gasteiger partial charge in [0.15, 0.2) is 0 Å². The monoisotopic (exact) mass is 376 g/mol. The third-order valence-electron chi connectivity index (χ3n) is 4.82. The van der Waals surface area contributed by atoms with Gasteiger partial charge in [-0.05, 0) is 36.4 Å². The molecule has 1 saturated heterocycles. The van der Waals surface area contributed by atoms with Crippen molar-refractivity contribution in [1.29, 1.82) is 0 Å². The van der Waals surface area contributed by atoms with Gasteiger partial charge in [0.05, 0.1) is 5.69 Å². The highest BCUT2D eigenvalue weighted by Crippen LogP contribution is 2.21. The smallest absolute Gasteiger partial charge is 0.272 e. The summed E-state index contributed by atoms with van der Waals surface area (Å²) < 4.78 is 13.8. The first-order valence-electron chi connectivity index (χ1n) is 9.27. The first kappa shape index (κ1) is 18.0. The number of amides is 1. The van der Waals surface area contributed by atoms with Crippen LogP contribution in [0.1, 0.15) is 10.5 Å². The van der Waals surface area contributed by atoms with Crippen LogP contribution in [0.5, 0.6) is 0 Å². The van der Waals surface area contributed by atoms with Crippen molar-refractivity contribution in [3.63, 3.8) is 0 Å². The number of hydrogen-bond donors (Lipinski definition) is 1. The van der Waals surface area contributed by atoms with Gasteiger partial charge in [-0.2, -0.15) is 0 Å². The van der Waals surface area contributed by atoms with Crippen LogP contribution in [0.2, 0.25) is 0 Å². The summed E-state index contributed by atoms with van der Waals surface area (Å²) in [6.45, 7) is 2.84. The number of hydrogen-bond acceptors (Lipinski definition) is 4. The Morgan fingerprint density at radius 2 is 1.64 bits per heavy atom. The van der Waals surface area contributed by atoms with Crippen LogP contribution in [-0.4, -0.2) is 42.0 Å². The molecule has 1 aliphatic heterocycles. The Labute approximate surface area is 163 Å². The van der Waals surface area contributed by atoms with Crippen LogP contribution in [0.15, 0.2) is 72.9 Å². The summed E-state index contributed by atoms with van der Waals surface area (Å²) in [4.78, 5) is 21.2. The largest absolute Gasteiger partial charge is 0.368 e. The first-order valence-corrected chi connectivity index (χ1v) is 9.27. The van der Waals surface area contributed by atoms with Crippen molar-refractivity contribution in [2.75, 3.05) is 36.4 Å². The lowest BCUT2D eigenvalue weighted by atomic mass is 10.2. The molecular weight excluding hydrogens is 355 g/mol. The normalized spacial score (nSPS) is 14.0. The van der Waals surface area contributed by atoms with E-state index in [4.69, 9.17) is 0 Å². The van der Waals surface area contributed by atoms with Crippen molar-refractivity contribution in [3.8, 4) is 0 Å². The van der Waals surface area contributed by atoms with Gasteiger partial charge in [-0.25, -0.2) is 4.39 Å². The first-order chi connectivity index (χ1) is 13.7. The molecule has 5 nitrogen and oxygen atoms in total. The molecule has 1 aliphatic rings. The average Bonchev–Trinajstić information content (AvgIpc) is 2.76. The van der Waals surface area contributed by atoms with Gasteiger partial charge in [0.1, 0.15) is 11.5 Å². The molecule has 0 bridgehead atoms. The molecule has 1 aromatic heterocycles. The number of carbonyl (C=O) groups is 1. The Bertz CT molecular complexity index is 956. The molecule has 4 rings (SSSR count). The van der Waals surface area contributed by atoms with Crippen molar-refractivity contribution < 1.29 is 9.18 Å². The van der Waals surface area contributed by atoms with E-state index in [1.165, 1.54) is 11.8 Å². The van der Waals surface area contributed by atoms with E-state index in [0.717, 1.165) is 13.1 Å². The lowest BCUT2D eigenvalue weighted by Crippen LogP contribution is -2.49. The summed E-state index contributed by atoms with van der Waals surface area (Å²) in [5, 5.41) is 3.00. The number of aromatic nitrogens is 1. The molecule has 142 valence electrons. The van der Waals surface area contributed by atoms with E-state index in [2.05, 4.69) is 27.3 Å². The van der Waals surface area contributed by atoms with E-state index in [1.54, 1.807) is 36.5 Å². The van der Waals surface area contributed by atoms with Gasteiger partial charge in [-0.3, -0.25) is 9.78 Å². The van der Waals surface area contributed by atoms with Crippen LogP contribution in [0.3, 0.4) is 0 Å². The van der Waals surface area contributed by atoms with Crippen molar-refractivity contribution in [1.82, 2.24) is 9.88 Å². The van der Waals surface area contributed by atoms with Gasteiger partial charge in [0.25, 0.3) is 5.91 Å². The maximum absolute atomic E-state index is 13.8. The summed E-state index contributed by atoms with van der Waals surface area (Å²) in [7, 11) is 0. The Balaban J connectivity index is 1.42. The van der Waals surface area contributed by atoms with Crippen LogP contribution < -0.4 is 10.2 Å². The molecule has 3 aromatic rings. The summed E-state index contributed by atoms with van der Waals surface area (Å²) in [5.74, 6) is -0.450. The number of benzene rings is 2. The minimum absolute atomic E-state index is 0.107. The summed E-state index contributed by atoms with van der Waals surface area (Å²) >= 11 is 0. The predicted octanol–water partition coefficient (Wildman–Crippen LogP) is 3.93. The van der Waals surface area contributed by atoms with Crippen LogP contribution in [0.4, 0.5) is 21.5 Å². The minimum Gasteiger partial charge on any atom is -0.368 e. The van der Waals surface area contributed by atoms with Crippen LogP contribution in [0, 0.1) is 5.82 Å². The number of pyridine rings is 1. The van der Waals surface area contributed by atoms with E-state index >= 15 is 0 Å². The predicted molar refractivity (Wildman–Crippen MR) is 108 cm³/mol. The standard InChI is InChI=1S/C22H21FN4O/c23-19-8-4-5-9-20(19)25-17-10-11-24-21(16-17)22(28)27-14-12-26(13-15-27)18-6-2-1-3-7-18/h1-11,16H,12-15H2,(H,24,25). The quantitative estimate of drug-likeness (QED) is 0.750. The Hall–Kier alpha value is -3.41. The molecule has 28 heavy (non-hydrogen) atoms. The molecule has 0 unspecified atom stereocenters. The van der Waals surface area contributed by atoms with Crippen LogP contribution in [-0.2, 0) is 0 Å². The number of para-hydroxylation sites is 2. The van der Waals surface area contributed by atoms with Crippen molar-refractivity contribution in [3.05, 3.63) is 84.4 Å². The molecule has 0 spiro atoms. The SMILES string of the molecule is O=C(c1cc(Nc2ccccc2F)ccn1)N1CCN(c2ccccc2)CC1. The number of nitrogens with zero attached hydrogens (tertiary/aromatic N) is 3.